The van der Waals surface area contributed by atoms with Gasteiger partial charge in [0.15, 0.2) is 0 Å². The van der Waals surface area contributed by atoms with Gasteiger partial charge in [0.2, 0.25) is 5.88 Å². The van der Waals surface area contributed by atoms with Crippen LogP contribution >= 0.6 is 15.9 Å². The van der Waals surface area contributed by atoms with Crippen LogP contribution in [0.15, 0.2) is 22.9 Å². The number of aromatic nitrogens is 2. The summed E-state index contributed by atoms with van der Waals surface area (Å²) in [6, 6.07) is 1.91. The summed E-state index contributed by atoms with van der Waals surface area (Å²) in [5.41, 5.74) is 1.02. The molecule has 0 aliphatic heterocycles. The Morgan fingerprint density at radius 2 is 2.42 bits per heavy atom. The number of pyridine rings is 1. The lowest BCUT2D eigenvalue weighted by Crippen LogP contribution is -1.86. The molecule has 0 atom stereocenters. The smallest absolute Gasteiger partial charge is 0.223 e. The summed E-state index contributed by atoms with van der Waals surface area (Å²) in [6.07, 6.45) is 3.58. The average molecular weight is 227 g/mol. The molecule has 0 radical (unpaired) electrons. The van der Waals surface area contributed by atoms with E-state index in [1.54, 1.807) is 13.3 Å². The van der Waals surface area contributed by atoms with E-state index in [2.05, 4.69) is 25.9 Å². The van der Waals surface area contributed by atoms with Gasteiger partial charge in [0.1, 0.15) is 0 Å². The molecular formula is C8H7BrN2O. The van der Waals surface area contributed by atoms with Crippen LogP contribution in [0.3, 0.4) is 0 Å². The largest absolute Gasteiger partial charge is 0.480 e. The highest BCUT2D eigenvalue weighted by Gasteiger charge is 2.06. The molecule has 2 rings (SSSR count). The molecule has 0 amide bonds. The van der Waals surface area contributed by atoms with E-state index in [0.29, 0.717) is 5.88 Å². The zero-order chi connectivity index (χ0) is 8.55. The van der Waals surface area contributed by atoms with Gasteiger partial charge in [0.25, 0.3) is 0 Å². The second-order valence-electron chi connectivity index (χ2n) is 2.38. The van der Waals surface area contributed by atoms with Crippen molar-refractivity contribution in [1.29, 1.82) is 0 Å². The molecule has 0 aliphatic rings. The number of nitrogens with one attached hydrogen (secondary N) is 1. The van der Waals surface area contributed by atoms with Crippen molar-refractivity contribution in [3.63, 3.8) is 0 Å². The highest BCUT2D eigenvalue weighted by atomic mass is 79.9. The Balaban J connectivity index is 2.84. The maximum atomic E-state index is 5.11. The fourth-order valence-electron chi connectivity index (χ4n) is 1.16. The summed E-state index contributed by atoms with van der Waals surface area (Å²) in [5.74, 6) is 0.639. The maximum absolute atomic E-state index is 5.11. The molecule has 0 unspecified atom stereocenters. The summed E-state index contributed by atoms with van der Waals surface area (Å²) < 4.78 is 6.08. The number of hydrogen-bond acceptors (Lipinski definition) is 2. The van der Waals surface area contributed by atoms with Crippen LogP contribution in [-0.2, 0) is 0 Å². The molecule has 0 aliphatic carbocycles. The molecule has 62 valence electrons. The second kappa shape index (κ2) is 2.79. The van der Waals surface area contributed by atoms with Gasteiger partial charge in [0.05, 0.1) is 18.0 Å². The molecule has 1 N–H and O–H groups in total. The van der Waals surface area contributed by atoms with Crippen LogP contribution in [0.1, 0.15) is 0 Å². The first-order chi connectivity index (χ1) is 5.83. The van der Waals surface area contributed by atoms with E-state index in [1.807, 2.05) is 12.3 Å². The molecule has 12 heavy (non-hydrogen) atoms. The van der Waals surface area contributed by atoms with Crippen LogP contribution in [-0.4, -0.2) is 17.1 Å². The second-order valence-corrected chi connectivity index (χ2v) is 3.23. The molecule has 0 fully saturated rings. The first-order valence-electron chi connectivity index (χ1n) is 3.48. The topological polar surface area (TPSA) is 37.9 Å². The molecule has 0 saturated carbocycles. The molecule has 0 spiro atoms. The Morgan fingerprint density at radius 1 is 1.58 bits per heavy atom. The third kappa shape index (κ3) is 0.992. The minimum atomic E-state index is 0.639. The van der Waals surface area contributed by atoms with E-state index in [-0.39, 0.29) is 0 Å². The lowest BCUT2D eigenvalue weighted by atomic mass is 10.3. The number of nitrogens with zero attached hydrogens (tertiary/aromatic N) is 1. The van der Waals surface area contributed by atoms with E-state index in [1.165, 1.54) is 0 Å². The zero-order valence-corrected chi connectivity index (χ0v) is 8.05. The van der Waals surface area contributed by atoms with E-state index >= 15 is 0 Å². The van der Waals surface area contributed by atoms with E-state index in [4.69, 9.17) is 4.74 Å². The van der Waals surface area contributed by atoms with E-state index in [0.717, 1.165) is 15.4 Å². The van der Waals surface area contributed by atoms with Gasteiger partial charge in [-0.15, -0.1) is 0 Å². The molecule has 2 aromatic heterocycles. The van der Waals surface area contributed by atoms with Crippen LogP contribution in [0.5, 0.6) is 5.88 Å². The van der Waals surface area contributed by atoms with Crippen molar-refractivity contribution in [3.05, 3.63) is 22.9 Å². The highest BCUT2D eigenvalue weighted by Crippen LogP contribution is 2.29. The van der Waals surface area contributed by atoms with Gasteiger partial charge < -0.3 is 9.72 Å². The van der Waals surface area contributed by atoms with Crippen molar-refractivity contribution in [3.8, 4) is 5.88 Å². The molecule has 3 nitrogen and oxygen atoms in total. The minimum absolute atomic E-state index is 0.639. The Labute approximate surface area is 77.9 Å². The SMILES string of the molecule is COc1nccc2[nH]cc(Br)c12. The monoisotopic (exact) mass is 226 g/mol. The highest BCUT2D eigenvalue weighted by molar-refractivity contribution is 9.10. The van der Waals surface area contributed by atoms with Gasteiger partial charge >= 0.3 is 0 Å². The Kier molecular flexibility index (Phi) is 1.77. The number of fused-ring (bicyclic) bond motifs is 1. The lowest BCUT2D eigenvalue weighted by molar-refractivity contribution is 0.403. The van der Waals surface area contributed by atoms with Crippen molar-refractivity contribution in [2.75, 3.05) is 7.11 Å². The Bertz CT molecular complexity index is 410. The third-order valence-corrected chi connectivity index (χ3v) is 2.33. The van der Waals surface area contributed by atoms with E-state index < -0.39 is 0 Å². The molecule has 2 aromatic rings. The molecule has 0 bridgehead atoms. The number of ether oxygens (including phenoxy) is 1. The zero-order valence-electron chi connectivity index (χ0n) is 6.47. The van der Waals surface area contributed by atoms with Gasteiger partial charge in [-0.3, -0.25) is 0 Å². The van der Waals surface area contributed by atoms with Crippen LogP contribution < -0.4 is 4.74 Å². The number of aromatic amines is 1. The molecular weight excluding hydrogens is 220 g/mol. The molecule has 4 heteroatoms. The summed E-state index contributed by atoms with van der Waals surface area (Å²) in [5, 5.41) is 0.986. The fraction of sp³-hybridized carbons (Fsp3) is 0.125. The van der Waals surface area contributed by atoms with Crippen molar-refractivity contribution in [2.24, 2.45) is 0 Å². The summed E-state index contributed by atoms with van der Waals surface area (Å²) in [7, 11) is 1.61. The predicted molar refractivity (Wildman–Crippen MR) is 50.3 cm³/mol. The van der Waals surface area contributed by atoms with Gasteiger partial charge in [-0.2, -0.15) is 0 Å². The third-order valence-electron chi connectivity index (χ3n) is 1.70. The van der Waals surface area contributed by atoms with Crippen molar-refractivity contribution in [1.82, 2.24) is 9.97 Å². The number of hydrogen-bond donors (Lipinski definition) is 1. The summed E-state index contributed by atoms with van der Waals surface area (Å²) in [4.78, 5) is 7.18. The molecule has 0 aromatic carbocycles. The summed E-state index contributed by atoms with van der Waals surface area (Å²) >= 11 is 3.41. The van der Waals surface area contributed by atoms with Crippen molar-refractivity contribution >= 4 is 26.8 Å². The maximum Gasteiger partial charge on any atom is 0.223 e. The van der Waals surface area contributed by atoms with Crippen LogP contribution in [0.25, 0.3) is 10.9 Å². The first kappa shape index (κ1) is 7.61. The van der Waals surface area contributed by atoms with Crippen LogP contribution in [0, 0.1) is 0 Å². The predicted octanol–water partition coefficient (Wildman–Crippen LogP) is 2.33. The van der Waals surface area contributed by atoms with E-state index in [9.17, 15) is 0 Å². The number of H-pyrrole nitrogens is 1. The van der Waals surface area contributed by atoms with Gasteiger partial charge in [0, 0.05) is 16.9 Å². The Morgan fingerprint density at radius 3 is 3.17 bits per heavy atom. The van der Waals surface area contributed by atoms with Crippen LogP contribution in [0.4, 0.5) is 0 Å². The number of rotatable bonds is 1. The first-order valence-corrected chi connectivity index (χ1v) is 4.28. The van der Waals surface area contributed by atoms with Gasteiger partial charge in [-0.25, -0.2) is 4.98 Å². The van der Waals surface area contributed by atoms with Gasteiger partial charge in [-0.05, 0) is 22.0 Å². The number of halogens is 1. The standard InChI is InChI=1S/C8H7BrN2O/c1-12-8-7-5(9)4-11-6(7)2-3-10-8/h2-4,11H,1H3. The molecule has 0 saturated heterocycles. The minimum Gasteiger partial charge on any atom is -0.480 e. The lowest BCUT2D eigenvalue weighted by Gasteiger charge is -1.99. The Hall–Kier alpha value is -1.03. The fourth-order valence-corrected chi connectivity index (χ4v) is 1.66. The van der Waals surface area contributed by atoms with Crippen LogP contribution in [0.2, 0.25) is 0 Å². The van der Waals surface area contributed by atoms with Gasteiger partial charge in [-0.1, -0.05) is 0 Å². The average Bonchev–Trinajstić information content (AvgIpc) is 2.48. The number of methoxy groups -OCH3 is 1. The van der Waals surface area contributed by atoms with Crippen molar-refractivity contribution < 1.29 is 4.74 Å². The normalized spacial score (nSPS) is 10.5. The summed E-state index contributed by atoms with van der Waals surface area (Å²) in [6.45, 7) is 0. The molecule has 2 heterocycles. The quantitative estimate of drug-likeness (QED) is 0.811. The van der Waals surface area contributed by atoms with Crippen molar-refractivity contribution in [2.45, 2.75) is 0 Å².